The number of carbonyl (C=O) groups is 1. The Balaban J connectivity index is 1.54. The first-order chi connectivity index (χ1) is 12.1. The fraction of sp³-hybridized carbons (Fsp3) is 0.190. The van der Waals surface area contributed by atoms with Crippen molar-refractivity contribution in [2.45, 2.75) is 24.8 Å². The predicted octanol–water partition coefficient (Wildman–Crippen LogP) is 4.79. The average Bonchev–Trinajstić information content (AvgIpc) is 2.58. The van der Waals surface area contributed by atoms with Crippen LogP contribution in [0.3, 0.4) is 0 Å². The number of hydrogen-bond donors (Lipinski definition) is 1. The van der Waals surface area contributed by atoms with Crippen molar-refractivity contribution in [3.8, 4) is 0 Å². The van der Waals surface area contributed by atoms with Crippen LogP contribution in [0.5, 0.6) is 0 Å². The molecule has 1 saturated carbocycles. The van der Waals surface area contributed by atoms with Gasteiger partial charge in [0.05, 0.1) is 0 Å². The van der Waals surface area contributed by atoms with E-state index in [9.17, 15) is 13.6 Å². The average molecular weight is 337 g/mol. The lowest BCUT2D eigenvalue weighted by atomic mass is 9.74. The van der Waals surface area contributed by atoms with E-state index >= 15 is 0 Å². The molecule has 126 valence electrons. The molecule has 1 aliphatic carbocycles. The van der Waals surface area contributed by atoms with E-state index in [1.54, 1.807) is 0 Å². The van der Waals surface area contributed by atoms with Gasteiger partial charge in [0, 0.05) is 12.0 Å². The van der Waals surface area contributed by atoms with Gasteiger partial charge in [0.25, 0.3) is 5.91 Å². The van der Waals surface area contributed by atoms with Crippen LogP contribution in [-0.4, -0.2) is 11.9 Å². The quantitative estimate of drug-likeness (QED) is 0.731. The number of amides is 1. The molecule has 0 bridgehead atoms. The van der Waals surface area contributed by atoms with Gasteiger partial charge in [-0.1, -0.05) is 48.5 Å². The van der Waals surface area contributed by atoms with Crippen LogP contribution in [0.1, 0.15) is 34.7 Å². The molecule has 3 aromatic carbocycles. The monoisotopic (exact) mass is 337 g/mol. The topological polar surface area (TPSA) is 29.1 Å². The molecule has 2 unspecified atom stereocenters. The second-order valence-corrected chi connectivity index (χ2v) is 6.47. The van der Waals surface area contributed by atoms with Gasteiger partial charge in [0.1, 0.15) is 17.2 Å². The molecule has 2 atom stereocenters. The zero-order valence-corrected chi connectivity index (χ0v) is 13.5. The lowest BCUT2D eigenvalue weighted by Crippen LogP contribution is -2.45. The number of hydrogen-bond acceptors (Lipinski definition) is 1. The van der Waals surface area contributed by atoms with Gasteiger partial charge in [-0.25, -0.2) is 8.78 Å². The van der Waals surface area contributed by atoms with Crippen LogP contribution in [-0.2, 0) is 0 Å². The molecule has 4 rings (SSSR count). The standard InChI is InChI=1S/C21H17F2NO/c22-17-6-3-7-18(23)20(17)21(25)24-19-11-10-16(19)15-9-8-13-4-1-2-5-14(13)12-15/h1-9,12,16,19H,10-11H2,(H,24,25). The summed E-state index contributed by atoms with van der Waals surface area (Å²) in [7, 11) is 0. The fourth-order valence-corrected chi connectivity index (χ4v) is 3.47. The zero-order chi connectivity index (χ0) is 17.4. The summed E-state index contributed by atoms with van der Waals surface area (Å²) in [5.41, 5.74) is 0.635. The number of benzene rings is 3. The van der Waals surface area contributed by atoms with E-state index < -0.39 is 23.1 Å². The second kappa shape index (κ2) is 6.28. The molecule has 1 fully saturated rings. The summed E-state index contributed by atoms with van der Waals surface area (Å²) in [6.45, 7) is 0. The minimum absolute atomic E-state index is 0.104. The van der Waals surface area contributed by atoms with Crippen molar-refractivity contribution in [3.63, 3.8) is 0 Å². The van der Waals surface area contributed by atoms with Gasteiger partial charge in [0.15, 0.2) is 0 Å². The Morgan fingerprint density at radius 2 is 1.60 bits per heavy atom. The molecule has 3 aromatic rings. The third kappa shape index (κ3) is 2.88. The highest BCUT2D eigenvalue weighted by atomic mass is 19.1. The van der Waals surface area contributed by atoms with E-state index in [-0.39, 0.29) is 12.0 Å². The molecule has 25 heavy (non-hydrogen) atoms. The zero-order valence-electron chi connectivity index (χ0n) is 13.5. The van der Waals surface area contributed by atoms with Crippen LogP contribution >= 0.6 is 0 Å². The first-order valence-electron chi connectivity index (χ1n) is 8.37. The van der Waals surface area contributed by atoms with Gasteiger partial charge < -0.3 is 5.32 Å². The molecule has 1 amide bonds. The van der Waals surface area contributed by atoms with Crippen molar-refractivity contribution in [1.82, 2.24) is 5.32 Å². The molecule has 4 heteroatoms. The van der Waals surface area contributed by atoms with Crippen molar-refractivity contribution in [2.75, 3.05) is 0 Å². The van der Waals surface area contributed by atoms with E-state index in [2.05, 4.69) is 35.6 Å². The van der Waals surface area contributed by atoms with Gasteiger partial charge in [-0.2, -0.15) is 0 Å². The maximum atomic E-state index is 13.8. The molecule has 0 aliphatic heterocycles. The van der Waals surface area contributed by atoms with Crippen LogP contribution in [0.15, 0.2) is 60.7 Å². The van der Waals surface area contributed by atoms with Crippen LogP contribution in [0.25, 0.3) is 10.8 Å². The number of fused-ring (bicyclic) bond motifs is 1. The molecule has 0 spiro atoms. The maximum absolute atomic E-state index is 13.8. The van der Waals surface area contributed by atoms with Crippen LogP contribution in [0.4, 0.5) is 8.78 Å². The third-order valence-electron chi connectivity index (χ3n) is 4.98. The Bertz CT molecular complexity index is 933. The first-order valence-corrected chi connectivity index (χ1v) is 8.37. The van der Waals surface area contributed by atoms with Gasteiger partial charge in [-0.15, -0.1) is 0 Å². The van der Waals surface area contributed by atoms with E-state index in [1.165, 1.54) is 11.5 Å². The van der Waals surface area contributed by atoms with E-state index in [1.807, 2.05) is 12.1 Å². The Morgan fingerprint density at radius 1 is 0.880 bits per heavy atom. The van der Waals surface area contributed by atoms with Gasteiger partial charge in [-0.05, 0) is 41.3 Å². The highest BCUT2D eigenvalue weighted by Crippen LogP contribution is 2.38. The molecule has 2 nitrogen and oxygen atoms in total. The first kappa shape index (κ1) is 15.8. The number of rotatable bonds is 3. The maximum Gasteiger partial charge on any atom is 0.257 e. The van der Waals surface area contributed by atoms with Gasteiger partial charge in [-0.3, -0.25) is 4.79 Å². The summed E-state index contributed by atoms with van der Waals surface area (Å²) in [6, 6.07) is 17.7. The fourth-order valence-electron chi connectivity index (χ4n) is 3.47. The Labute approximate surface area is 144 Å². The predicted molar refractivity (Wildman–Crippen MR) is 93.5 cm³/mol. The minimum Gasteiger partial charge on any atom is -0.349 e. The SMILES string of the molecule is O=C(NC1CCC1c1ccc2ccccc2c1)c1c(F)cccc1F. The van der Waals surface area contributed by atoms with Crippen molar-refractivity contribution < 1.29 is 13.6 Å². The summed E-state index contributed by atoms with van der Waals surface area (Å²) < 4.78 is 27.5. The Kier molecular flexibility index (Phi) is 3.96. The summed E-state index contributed by atoms with van der Waals surface area (Å²) in [6.07, 6.45) is 1.75. The largest absolute Gasteiger partial charge is 0.349 e. The van der Waals surface area contributed by atoms with Crippen molar-refractivity contribution in [1.29, 1.82) is 0 Å². The molecular weight excluding hydrogens is 320 g/mol. The highest BCUT2D eigenvalue weighted by Gasteiger charge is 2.34. The molecule has 1 N–H and O–H groups in total. The van der Waals surface area contributed by atoms with Crippen LogP contribution < -0.4 is 5.32 Å². The summed E-state index contributed by atoms with van der Waals surface area (Å²) >= 11 is 0. The van der Waals surface area contributed by atoms with Crippen LogP contribution in [0, 0.1) is 11.6 Å². The molecule has 0 aromatic heterocycles. The van der Waals surface area contributed by atoms with Crippen molar-refractivity contribution in [3.05, 3.63) is 83.4 Å². The summed E-state index contributed by atoms with van der Waals surface area (Å²) in [5, 5.41) is 5.11. The number of nitrogens with one attached hydrogen (secondary N) is 1. The normalized spacial score (nSPS) is 19.4. The molecule has 1 aliphatic rings. The third-order valence-corrected chi connectivity index (χ3v) is 4.98. The summed E-state index contributed by atoms with van der Waals surface area (Å²) in [4.78, 5) is 12.3. The number of halogens is 2. The second-order valence-electron chi connectivity index (χ2n) is 6.47. The van der Waals surface area contributed by atoms with Crippen LogP contribution in [0.2, 0.25) is 0 Å². The molecule has 0 saturated heterocycles. The molecular formula is C21H17F2NO. The van der Waals surface area contributed by atoms with Gasteiger partial charge in [0.2, 0.25) is 0 Å². The highest BCUT2D eigenvalue weighted by molar-refractivity contribution is 5.95. The van der Waals surface area contributed by atoms with E-state index in [4.69, 9.17) is 0 Å². The Morgan fingerprint density at radius 3 is 2.28 bits per heavy atom. The van der Waals surface area contributed by atoms with Crippen molar-refractivity contribution in [2.24, 2.45) is 0 Å². The van der Waals surface area contributed by atoms with E-state index in [0.29, 0.717) is 0 Å². The Hall–Kier alpha value is -2.75. The lowest BCUT2D eigenvalue weighted by molar-refractivity contribution is 0.0896. The lowest BCUT2D eigenvalue weighted by Gasteiger charge is -2.37. The van der Waals surface area contributed by atoms with Gasteiger partial charge >= 0.3 is 0 Å². The van der Waals surface area contributed by atoms with E-state index in [0.717, 1.165) is 35.9 Å². The van der Waals surface area contributed by atoms with Crippen molar-refractivity contribution >= 4 is 16.7 Å². The molecule has 0 radical (unpaired) electrons. The smallest absolute Gasteiger partial charge is 0.257 e. The summed E-state index contributed by atoms with van der Waals surface area (Å²) in [5.74, 6) is -2.19. The number of carbonyl (C=O) groups excluding carboxylic acids is 1. The molecule has 0 heterocycles. The minimum atomic E-state index is -0.834.